The highest BCUT2D eigenvalue weighted by atomic mass is 16.5. The smallest absolute Gasteiger partial charge is 0.330 e. The van der Waals surface area contributed by atoms with Crippen LogP contribution in [0.4, 0.5) is 5.69 Å². The zero-order valence-corrected chi connectivity index (χ0v) is 24.3. The summed E-state index contributed by atoms with van der Waals surface area (Å²) >= 11 is 0. The highest BCUT2D eigenvalue weighted by molar-refractivity contribution is 6.24. The number of ketones is 2. The highest BCUT2D eigenvalue weighted by Crippen LogP contribution is 2.54. The van der Waals surface area contributed by atoms with Gasteiger partial charge in [-0.25, -0.2) is 4.79 Å². The number of unbranched alkanes of at least 4 members (excludes halogenated alkanes) is 1. The summed E-state index contributed by atoms with van der Waals surface area (Å²) in [6.07, 6.45) is 4.19. The third-order valence-electron chi connectivity index (χ3n) is 8.35. The molecule has 4 rings (SSSR count). The number of primary amides is 1. The molecule has 0 unspecified atom stereocenters. The fraction of sp³-hybridized carbons (Fsp3) is 0.467. The van der Waals surface area contributed by atoms with Gasteiger partial charge in [0.05, 0.1) is 18.2 Å². The normalized spacial score (nSPS) is 25.5. The number of carbonyl (C=O) groups excluding carboxylic acids is 4. The molecule has 1 saturated carbocycles. The Bertz CT molecular complexity index is 1460. The maximum atomic E-state index is 14.0. The fourth-order valence-corrected chi connectivity index (χ4v) is 6.36. The second kappa shape index (κ2) is 11.3. The molecule has 1 aromatic carbocycles. The number of ether oxygens (including phenoxy) is 1. The van der Waals surface area contributed by atoms with Crippen LogP contribution >= 0.6 is 0 Å². The Morgan fingerprint density at radius 3 is 2.40 bits per heavy atom. The standard InChI is InChI=1S/C30H37N3O9/c1-6-7-10-42-19(34)9-8-14-13-18(32(2)3)16-11-15-12-17-23(33(4)5)26(37)22(29(31)40)28(39)30(17,41)27(38)20(15)25(36)21(16)24(14)35/h8-9,13,15,17,23,35-36,39,41H,6-7,10-12H2,1-5H3,(H2,31,40)/b9-8+/t15-,17-,23+,30-/m1/s1. The number of hydrogen-bond acceptors (Lipinski definition) is 11. The molecule has 1 amide bonds. The molecule has 0 saturated heterocycles. The molecule has 3 aliphatic carbocycles. The van der Waals surface area contributed by atoms with Crippen molar-refractivity contribution in [3.63, 3.8) is 0 Å². The lowest BCUT2D eigenvalue weighted by molar-refractivity contribution is -0.153. The van der Waals surface area contributed by atoms with Gasteiger partial charge in [0, 0.05) is 42.9 Å². The Labute approximate surface area is 243 Å². The maximum absolute atomic E-state index is 14.0. The Morgan fingerprint density at radius 1 is 1.17 bits per heavy atom. The number of rotatable bonds is 8. The van der Waals surface area contributed by atoms with Gasteiger partial charge in [-0.1, -0.05) is 13.3 Å². The number of carbonyl (C=O) groups is 4. The predicted octanol–water partition coefficient (Wildman–Crippen LogP) is 1.39. The summed E-state index contributed by atoms with van der Waals surface area (Å²) in [4.78, 5) is 54.8. The molecule has 0 aromatic heterocycles. The number of nitrogens with two attached hydrogens (primary N) is 1. The number of amides is 1. The molecule has 1 aromatic rings. The summed E-state index contributed by atoms with van der Waals surface area (Å²) in [7, 11) is 6.61. The third kappa shape index (κ3) is 4.74. The summed E-state index contributed by atoms with van der Waals surface area (Å²) < 4.78 is 5.13. The number of likely N-dealkylation sites (N-methyl/N-ethyl adjacent to an activating group) is 1. The van der Waals surface area contributed by atoms with Crippen LogP contribution in [0.25, 0.3) is 11.8 Å². The number of aliphatic hydroxyl groups excluding tert-OH is 2. The number of nitrogens with zero attached hydrogens (tertiary/aromatic N) is 2. The van der Waals surface area contributed by atoms with E-state index in [0.717, 1.165) is 12.5 Å². The third-order valence-corrected chi connectivity index (χ3v) is 8.35. The summed E-state index contributed by atoms with van der Waals surface area (Å²) in [5.41, 5.74) is 2.77. The van der Waals surface area contributed by atoms with Crippen molar-refractivity contribution in [3.8, 4) is 5.75 Å². The molecular weight excluding hydrogens is 546 g/mol. The van der Waals surface area contributed by atoms with Gasteiger partial charge in [-0.3, -0.25) is 19.3 Å². The van der Waals surface area contributed by atoms with Crippen LogP contribution in [0, 0.1) is 11.8 Å². The number of phenols is 1. The number of esters is 1. The van der Waals surface area contributed by atoms with Crippen molar-refractivity contribution in [2.24, 2.45) is 17.6 Å². The average Bonchev–Trinajstić information content (AvgIpc) is 2.89. The Balaban J connectivity index is 1.89. The van der Waals surface area contributed by atoms with Gasteiger partial charge in [0.1, 0.15) is 22.8 Å². The van der Waals surface area contributed by atoms with E-state index in [1.165, 1.54) is 11.0 Å². The van der Waals surface area contributed by atoms with Crippen molar-refractivity contribution in [3.05, 3.63) is 45.7 Å². The van der Waals surface area contributed by atoms with Crippen LogP contribution in [0.1, 0.15) is 42.9 Å². The number of aliphatic hydroxyl groups is 3. The van der Waals surface area contributed by atoms with E-state index >= 15 is 0 Å². The largest absolute Gasteiger partial charge is 0.508 e. The zero-order valence-electron chi connectivity index (χ0n) is 24.3. The Kier molecular flexibility index (Phi) is 8.25. The van der Waals surface area contributed by atoms with Crippen LogP contribution in [-0.4, -0.2) is 95.2 Å². The van der Waals surface area contributed by atoms with Gasteiger partial charge >= 0.3 is 5.97 Å². The number of aromatic hydroxyl groups is 1. The molecule has 12 nitrogen and oxygen atoms in total. The number of hydrogen-bond donors (Lipinski definition) is 5. The number of Topliss-reactive ketones (excluding diaryl/α,β-unsaturated/α-hetero) is 2. The number of anilines is 1. The van der Waals surface area contributed by atoms with Crippen molar-refractivity contribution in [2.45, 2.75) is 44.2 Å². The predicted molar refractivity (Wildman–Crippen MR) is 153 cm³/mol. The molecule has 0 aliphatic heterocycles. The maximum Gasteiger partial charge on any atom is 0.330 e. The second-order valence-electron chi connectivity index (χ2n) is 11.4. The summed E-state index contributed by atoms with van der Waals surface area (Å²) in [5, 5.41) is 45.5. The van der Waals surface area contributed by atoms with E-state index in [1.54, 1.807) is 39.2 Å². The lowest BCUT2D eigenvalue weighted by Crippen LogP contribution is -2.65. The van der Waals surface area contributed by atoms with Crippen molar-refractivity contribution >= 4 is 41.0 Å². The van der Waals surface area contributed by atoms with E-state index < -0.39 is 69.8 Å². The summed E-state index contributed by atoms with van der Waals surface area (Å²) in [5.74, 6) is -7.80. The molecule has 42 heavy (non-hydrogen) atoms. The summed E-state index contributed by atoms with van der Waals surface area (Å²) in [6.45, 7) is 2.21. The number of phenolic OH excluding ortho intramolecular Hbond substituents is 1. The topological polar surface area (TPSA) is 191 Å². The molecule has 3 aliphatic rings. The van der Waals surface area contributed by atoms with Gasteiger partial charge in [-0.2, -0.15) is 0 Å². The molecule has 6 N–H and O–H groups in total. The SMILES string of the molecule is CCCCOC(=O)/C=C/c1cc(N(C)C)c2c(c1O)C(O)=C1C(=O)[C@@]3(O)C(O)=C(C(N)=O)C(=O)[C@@H](N(C)C)[C@H]3C[C@H]1C2. The molecule has 0 heterocycles. The highest BCUT2D eigenvalue weighted by Gasteiger charge is 2.64. The molecule has 0 radical (unpaired) electrons. The van der Waals surface area contributed by atoms with Crippen molar-refractivity contribution in [1.29, 1.82) is 0 Å². The molecule has 4 atom stereocenters. The number of fused-ring (bicyclic) bond motifs is 3. The fourth-order valence-electron chi connectivity index (χ4n) is 6.36. The second-order valence-corrected chi connectivity index (χ2v) is 11.4. The lowest BCUT2D eigenvalue weighted by atomic mass is 9.57. The minimum atomic E-state index is -2.72. The molecule has 0 bridgehead atoms. The van der Waals surface area contributed by atoms with E-state index in [4.69, 9.17) is 10.5 Å². The van der Waals surface area contributed by atoms with E-state index in [2.05, 4.69) is 0 Å². The van der Waals surface area contributed by atoms with E-state index in [9.17, 15) is 39.6 Å². The van der Waals surface area contributed by atoms with Crippen molar-refractivity contribution in [2.75, 3.05) is 39.7 Å². The summed E-state index contributed by atoms with van der Waals surface area (Å²) in [6, 6.07) is 0.484. The van der Waals surface area contributed by atoms with Crippen LogP contribution in [-0.2, 0) is 30.3 Å². The van der Waals surface area contributed by atoms with E-state index in [-0.39, 0.29) is 36.1 Å². The van der Waals surface area contributed by atoms with Crippen LogP contribution in [0.5, 0.6) is 5.75 Å². The first-order valence-corrected chi connectivity index (χ1v) is 13.7. The number of benzene rings is 1. The van der Waals surface area contributed by atoms with E-state index in [0.29, 0.717) is 17.7 Å². The van der Waals surface area contributed by atoms with Crippen molar-refractivity contribution in [1.82, 2.24) is 4.90 Å². The van der Waals surface area contributed by atoms with Gasteiger partial charge < -0.3 is 35.8 Å². The van der Waals surface area contributed by atoms with Crippen LogP contribution < -0.4 is 10.6 Å². The Morgan fingerprint density at radius 2 is 1.83 bits per heavy atom. The minimum absolute atomic E-state index is 0.00928. The zero-order chi connectivity index (χ0) is 31.3. The Hall–Kier alpha value is -4.16. The monoisotopic (exact) mass is 583 g/mol. The molecule has 12 heteroatoms. The van der Waals surface area contributed by atoms with Gasteiger partial charge in [0.25, 0.3) is 5.91 Å². The van der Waals surface area contributed by atoms with Crippen LogP contribution in [0.15, 0.2) is 29.0 Å². The average molecular weight is 584 g/mol. The molecular formula is C30H37N3O9. The first-order chi connectivity index (χ1) is 19.7. The lowest BCUT2D eigenvalue weighted by Gasteiger charge is -2.50. The minimum Gasteiger partial charge on any atom is -0.508 e. The molecule has 1 fully saturated rings. The van der Waals surface area contributed by atoms with Crippen molar-refractivity contribution < 1.29 is 44.3 Å². The molecule has 226 valence electrons. The van der Waals surface area contributed by atoms with Gasteiger partial charge in [0.15, 0.2) is 11.4 Å². The van der Waals surface area contributed by atoms with Crippen LogP contribution in [0.3, 0.4) is 0 Å². The first-order valence-electron chi connectivity index (χ1n) is 13.7. The van der Waals surface area contributed by atoms with Crippen LogP contribution in [0.2, 0.25) is 0 Å². The molecule has 0 spiro atoms. The van der Waals surface area contributed by atoms with Gasteiger partial charge in [-0.15, -0.1) is 0 Å². The van der Waals surface area contributed by atoms with E-state index in [1.807, 2.05) is 6.92 Å². The van der Waals surface area contributed by atoms with Gasteiger partial charge in [0.2, 0.25) is 5.78 Å². The van der Waals surface area contributed by atoms with Gasteiger partial charge in [-0.05, 0) is 57.0 Å². The first kappa shape index (κ1) is 30.8. The quantitative estimate of drug-likeness (QED) is 0.129.